The predicted molar refractivity (Wildman–Crippen MR) is 92.8 cm³/mol. The molecule has 2 amide bonds. The smallest absolute Gasteiger partial charge is 0.255 e. The van der Waals surface area contributed by atoms with Gasteiger partial charge in [-0.1, -0.05) is 29.8 Å². The van der Waals surface area contributed by atoms with Crippen LogP contribution in [-0.2, 0) is 4.79 Å². The molecule has 0 aromatic heterocycles. The summed E-state index contributed by atoms with van der Waals surface area (Å²) in [6.07, 6.45) is 0.954. The summed E-state index contributed by atoms with van der Waals surface area (Å²) in [4.78, 5) is 24.1. The third kappa shape index (κ3) is 5.09. The average molecular weight is 332 g/mol. The van der Waals surface area contributed by atoms with Crippen LogP contribution in [0.2, 0.25) is 5.02 Å². The molecule has 2 aromatic rings. The van der Waals surface area contributed by atoms with Crippen molar-refractivity contribution in [3.8, 4) is 0 Å². The Bertz CT molecular complexity index is 704. The zero-order valence-corrected chi connectivity index (χ0v) is 13.3. The van der Waals surface area contributed by atoms with E-state index in [4.69, 9.17) is 17.3 Å². The number of hydrogen-bond donors (Lipinski definition) is 3. The standard InChI is InChI=1S/C17H18ClN3O2/c18-13-6-3-5-12(11-13)17(23)21-15-8-2-1-7-14(15)20-16(22)9-4-10-19/h1-3,5-8,11H,4,9-10,19H2,(H,20,22)(H,21,23). The molecule has 0 spiro atoms. The maximum atomic E-state index is 12.3. The number of halogens is 1. The van der Waals surface area contributed by atoms with Crippen molar-refractivity contribution in [3.63, 3.8) is 0 Å². The molecule has 0 saturated carbocycles. The van der Waals surface area contributed by atoms with Crippen molar-refractivity contribution < 1.29 is 9.59 Å². The van der Waals surface area contributed by atoms with Crippen LogP contribution in [0.1, 0.15) is 23.2 Å². The van der Waals surface area contributed by atoms with Crippen LogP contribution in [-0.4, -0.2) is 18.4 Å². The van der Waals surface area contributed by atoms with Gasteiger partial charge in [-0.05, 0) is 43.3 Å². The fourth-order valence-corrected chi connectivity index (χ4v) is 2.19. The molecule has 120 valence electrons. The van der Waals surface area contributed by atoms with E-state index >= 15 is 0 Å². The molecular weight excluding hydrogens is 314 g/mol. The molecule has 0 saturated heterocycles. The molecule has 0 aliphatic rings. The van der Waals surface area contributed by atoms with Crippen molar-refractivity contribution >= 4 is 34.8 Å². The molecule has 0 heterocycles. The van der Waals surface area contributed by atoms with Crippen LogP contribution in [0, 0.1) is 0 Å². The fraction of sp³-hybridized carbons (Fsp3) is 0.176. The largest absolute Gasteiger partial charge is 0.330 e. The van der Waals surface area contributed by atoms with Gasteiger partial charge in [-0.15, -0.1) is 0 Å². The molecule has 0 bridgehead atoms. The summed E-state index contributed by atoms with van der Waals surface area (Å²) < 4.78 is 0. The second-order valence-electron chi connectivity index (χ2n) is 4.95. The van der Waals surface area contributed by atoms with E-state index < -0.39 is 0 Å². The highest BCUT2D eigenvalue weighted by molar-refractivity contribution is 6.31. The van der Waals surface area contributed by atoms with Crippen LogP contribution in [0.25, 0.3) is 0 Å². The van der Waals surface area contributed by atoms with Crippen molar-refractivity contribution in [3.05, 3.63) is 59.1 Å². The number of carbonyl (C=O) groups is 2. The first kappa shape index (κ1) is 17.0. The Morgan fingerprint density at radius 2 is 1.70 bits per heavy atom. The number of para-hydroxylation sites is 2. The van der Waals surface area contributed by atoms with E-state index in [1.54, 1.807) is 48.5 Å². The van der Waals surface area contributed by atoms with E-state index in [0.29, 0.717) is 41.3 Å². The van der Waals surface area contributed by atoms with Crippen LogP contribution >= 0.6 is 11.6 Å². The van der Waals surface area contributed by atoms with Crippen molar-refractivity contribution in [2.24, 2.45) is 5.73 Å². The molecule has 0 radical (unpaired) electrons. The van der Waals surface area contributed by atoms with Gasteiger partial charge >= 0.3 is 0 Å². The number of benzene rings is 2. The van der Waals surface area contributed by atoms with Gasteiger partial charge in [0.1, 0.15) is 0 Å². The van der Waals surface area contributed by atoms with E-state index in [1.807, 2.05) is 0 Å². The first-order valence-electron chi connectivity index (χ1n) is 7.26. The lowest BCUT2D eigenvalue weighted by Gasteiger charge is -2.12. The highest BCUT2D eigenvalue weighted by Crippen LogP contribution is 2.22. The molecule has 0 aliphatic carbocycles. The number of amides is 2. The number of anilines is 2. The Morgan fingerprint density at radius 3 is 2.35 bits per heavy atom. The summed E-state index contributed by atoms with van der Waals surface area (Å²) in [5, 5.41) is 6.04. The highest BCUT2D eigenvalue weighted by Gasteiger charge is 2.11. The maximum absolute atomic E-state index is 12.3. The summed E-state index contributed by atoms with van der Waals surface area (Å²) in [6, 6.07) is 13.7. The van der Waals surface area contributed by atoms with E-state index in [2.05, 4.69) is 10.6 Å². The SMILES string of the molecule is NCCCC(=O)Nc1ccccc1NC(=O)c1cccc(Cl)c1. The number of rotatable bonds is 6. The lowest BCUT2D eigenvalue weighted by atomic mass is 10.2. The van der Waals surface area contributed by atoms with Gasteiger partial charge in [0.15, 0.2) is 0 Å². The third-order valence-electron chi connectivity index (χ3n) is 3.14. The molecule has 2 rings (SSSR count). The van der Waals surface area contributed by atoms with Crippen molar-refractivity contribution in [2.45, 2.75) is 12.8 Å². The van der Waals surface area contributed by atoms with Gasteiger partial charge in [0.05, 0.1) is 11.4 Å². The van der Waals surface area contributed by atoms with E-state index in [0.717, 1.165) is 0 Å². The maximum Gasteiger partial charge on any atom is 0.255 e. The minimum absolute atomic E-state index is 0.139. The van der Waals surface area contributed by atoms with Gasteiger partial charge in [0.25, 0.3) is 5.91 Å². The van der Waals surface area contributed by atoms with Crippen LogP contribution < -0.4 is 16.4 Å². The van der Waals surface area contributed by atoms with Gasteiger partial charge in [-0.2, -0.15) is 0 Å². The predicted octanol–water partition coefficient (Wildman–Crippen LogP) is 3.27. The van der Waals surface area contributed by atoms with Gasteiger partial charge in [-0.25, -0.2) is 0 Å². The Hall–Kier alpha value is -2.37. The van der Waals surface area contributed by atoms with Gasteiger partial charge < -0.3 is 16.4 Å². The quantitative estimate of drug-likeness (QED) is 0.759. The van der Waals surface area contributed by atoms with E-state index in [1.165, 1.54) is 0 Å². The highest BCUT2D eigenvalue weighted by atomic mass is 35.5. The third-order valence-corrected chi connectivity index (χ3v) is 3.38. The summed E-state index contributed by atoms with van der Waals surface area (Å²) in [5.41, 5.74) is 6.91. The summed E-state index contributed by atoms with van der Waals surface area (Å²) in [5.74, 6) is -0.434. The monoisotopic (exact) mass is 331 g/mol. The minimum Gasteiger partial charge on any atom is -0.330 e. The topological polar surface area (TPSA) is 84.2 Å². The van der Waals surface area contributed by atoms with Crippen molar-refractivity contribution in [2.75, 3.05) is 17.2 Å². The normalized spacial score (nSPS) is 10.2. The molecule has 5 nitrogen and oxygen atoms in total. The summed E-state index contributed by atoms with van der Waals surface area (Å²) in [7, 11) is 0. The number of hydrogen-bond acceptors (Lipinski definition) is 3. The zero-order chi connectivity index (χ0) is 16.7. The van der Waals surface area contributed by atoms with E-state index in [9.17, 15) is 9.59 Å². The molecule has 23 heavy (non-hydrogen) atoms. The van der Waals surface area contributed by atoms with Crippen molar-refractivity contribution in [1.29, 1.82) is 0 Å². The molecule has 0 aliphatic heterocycles. The van der Waals surface area contributed by atoms with Gasteiger partial charge in [0.2, 0.25) is 5.91 Å². The Morgan fingerprint density at radius 1 is 1.00 bits per heavy atom. The molecular formula is C17H18ClN3O2. The van der Waals surface area contributed by atoms with Crippen molar-refractivity contribution in [1.82, 2.24) is 0 Å². The molecule has 6 heteroatoms. The second kappa shape index (κ2) is 8.31. The van der Waals surface area contributed by atoms with Crippen LogP contribution in [0.3, 0.4) is 0 Å². The Labute approximate surface area is 139 Å². The lowest BCUT2D eigenvalue weighted by molar-refractivity contribution is -0.116. The average Bonchev–Trinajstić information content (AvgIpc) is 2.54. The first-order valence-corrected chi connectivity index (χ1v) is 7.64. The molecule has 0 fully saturated rings. The Kier molecular flexibility index (Phi) is 6.14. The minimum atomic E-state index is -0.295. The lowest BCUT2D eigenvalue weighted by Crippen LogP contribution is -2.17. The number of carbonyl (C=O) groups excluding carboxylic acids is 2. The fourth-order valence-electron chi connectivity index (χ4n) is 2.00. The molecule has 4 N–H and O–H groups in total. The van der Waals surface area contributed by atoms with Crippen LogP contribution in [0.15, 0.2) is 48.5 Å². The van der Waals surface area contributed by atoms with Crippen LogP contribution in [0.4, 0.5) is 11.4 Å². The van der Waals surface area contributed by atoms with Crippen LogP contribution in [0.5, 0.6) is 0 Å². The first-order chi connectivity index (χ1) is 11.1. The Balaban J connectivity index is 2.11. The zero-order valence-electron chi connectivity index (χ0n) is 12.5. The number of nitrogens with one attached hydrogen (secondary N) is 2. The summed E-state index contributed by atoms with van der Waals surface area (Å²) in [6.45, 7) is 0.459. The second-order valence-corrected chi connectivity index (χ2v) is 5.39. The number of nitrogens with two attached hydrogens (primary N) is 1. The summed E-state index contributed by atoms with van der Waals surface area (Å²) >= 11 is 5.89. The van der Waals surface area contributed by atoms with Gasteiger partial charge in [-0.3, -0.25) is 9.59 Å². The molecule has 2 aromatic carbocycles. The van der Waals surface area contributed by atoms with Gasteiger partial charge in [0, 0.05) is 17.0 Å². The van der Waals surface area contributed by atoms with E-state index in [-0.39, 0.29) is 11.8 Å². The molecule has 0 unspecified atom stereocenters. The molecule has 0 atom stereocenters.